The predicted octanol–water partition coefficient (Wildman–Crippen LogP) is 3.76. The highest BCUT2D eigenvalue weighted by Gasteiger charge is 2.26. The topological polar surface area (TPSA) is 82.2 Å². The van der Waals surface area contributed by atoms with E-state index in [4.69, 9.17) is 11.6 Å². The molecule has 160 valence electrons. The first-order valence-corrected chi connectivity index (χ1v) is 9.49. The summed E-state index contributed by atoms with van der Waals surface area (Å²) in [4.78, 5) is 17.1. The number of alkyl halides is 2. The molecule has 0 radical (unpaired) electrons. The van der Waals surface area contributed by atoms with Crippen LogP contribution >= 0.6 is 11.6 Å². The molecule has 0 aliphatic carbocycles. The third kappa shape index (κ3) is 4.68. The van der Waals surface area contributed by atoms with Crippen LogP contribution in [0, 0.1) is 5.41 Å². The quantitative estimate of drug-likeness (QED) is 0.633. The molecule has 0 bridgehead atoms. The Morgan fingerprint density at radius 2 is 1.87 bits per heavy atom. The van der Waals surface area contributed by atoms with Gasteiger partial charge in [0.1, 0.15) is 5.75 Å². The monoisotopic (exact) mass is 438 g/mol. The van der Waals surface area contributed by atoms with Gasteiger partial charge in [-0.25, -0.2) is 14.0 Å². The van der Waals surface area contributed by atoms with Crippen LogP contribution in [0.1, 0.15) is 20.8 Å². The van der Waals surface area contributed by atoms with Crippen LogP contribution in [0.5, 0.6) is 5.75 Å². The molecule has 2 heterocycles. The predicted molar refractivity (Wildman–Crippen MR) is 108 cm³/mol. The van der Waals surface area contributed by atoms with Crippen molar-refractivity contribution in [3.8, 4) is 22.8 Å². The summed E-state index contributed by atoms with van der Waals surface area (Å²) >= 11 is 6.26. The van der Waals surface area contributed by atoms with E-state index in [-0.39, 0.29) is 23.1 Å². The summed E-state index contributed by atoms with van der Waals surface area (Å²) in [7, 11) is 0. The number of hydrogen-bond donors (Lipinski definition) is 1. The van der Waals surface area contributed by atoms with E-state index in [0.29, 0.717) is 11.3 Å². The number of aliphatic hydroxyl groups is 1. The van der Waals surface area contributed by atoms with E-state index >= 15 is 0 Å². The van der Waals surface area contributed by atoms with Gasteiger partial charge in [0.25, 0.3) is 0 Å². The Balaban J connectivity index is 2.13. The largest absolute Gasteiger partial charge is 0.435 e. The fourth-order valence-corrected chi connectivity index (χ4v) is 2.91. The van der Waals surface area contributed by atoms with Crippen LogP contribution in [0.4, 0.5) is 8.78 Å². The molecule has 1 unspecified atom stereocenters. The second-order valence-corrected chi connectivity index (χ2v) is 8.14. The van der Waals surface area contributed by atoms with Crippen molar-refractivity contribution in [1.82, 2.24) is 19.3 Å². The summed E-state index contributed by atoms with van der Waals surface area (Å²) in [6, 6.07) is 7.19. The summed E-state index contributed by atoms with van der Waals surface area (Å²) in [6.45, 7) is 2.57. The number of aromatic nitrogens is 4. The molecule has 0 saturated carbocycles. The molecule has 2 aromatic heterocycles. The van der Waals surface area contributed by atoms with Crippen molar-refractivity contribution in [1.29, 1.82) is 0 Å². The van der Waals surface area contributed by atoms with Crippen molar-refractivity contribution in [2.75, 3.05) is 0 Å². The van der Waals surface area contributed by atoms with E-state index in [1.54, 1.807) is 6.07 Å². The molecule has 0 amide bonds. The highest BCUT2D eigenvalue weighted by molar-refractivity contribution is 6.33. The fourth-order valence-electron chi connectivity index (χ4n) is 2.70. The normalized spacial score (nSPS) is 12.9. The van der Waals surface area contributed by atoms with Crippen LogP contribution in [0.15, 0.2) is 47.5 Å². The molecular weight excluding hydrogens is 418 g/mol. The summed E-state index contributed by atoms with van der Waals surface area (Å²) in [5, 5.41) is 15.1. The zero-order valence-corrected chi connectivity index (χ0v) is 17.3. The van der Waals surface area contributed by atoms with E-state index in [2.05, 4.69) is 14.8 Å². The molecule has 30 heavy (non-hydrogen) atoms. The van der Waals surface area contributed by atoms with E-state index in [0.717, 1.165) is 4.68 Å². The van der Waals surface area contributed by atoms with Gasteiger partial charge in [-0.1, -0.05) is 32.4 Å². The number of nitrogens with zero attached hydrogens (tertiary/aromatic N) is 4. The molecule has 0 aliphatic heterocycles. The number of rotatable bonds is 6. The maximum atomic E-state index is 13.1. The van der Waals surface area contributed by atoms with E-state index in [9.17, 15) is 18.7 Å². The zero-order valence-electron chi connectivity index (χ0n) is 16.6. The lowest BCUT2D eigenvalue weighted by atomic mass is 9.89. The molecule has 0 saturated heterocycles. The van der Waals surface area contributed by atoms with Crippen molar-refractivity contribution in [2.24, 2.45) is 5.41 Å². The van der Waals surface area contributed by atoms with Gasteiger partial charge < -0.3 is 9.84 Å². The molecule has 0 fully saturated rings. The van der Waals surface area contributed by atoms with Crippen LogP contribution in [0.2, 0.25) is 5.02 Å². The Kier molecular flexibility index (Phi) is 6.23. The number of pyridine rings is 1. The van der Waals surface area contributed by atoms with Gasteiger partial charge in [-0.15, -0.1) is 5.10 Å². The first kappa shape index (κ1) is 21.9. The number of ether oxygens (including phenoxy) is 1. The Morgan fingerprint density at radius 3 is 2.43 bits per heavy atom. The van der Waals surface area contributed by atoms with Crippen LogP contribution in [-0.4, -0.2) is 37.2 Å². The first-order valence-electron chi connectivity index (χ1n) is 9.11. The fraction of sp³-hybridized carbons (Fsp3) is 0.350. The lowest BCUT2D eigenvalue weighted by molar-refractivity contribution is -0.0498. The minimum atomic E-state index is -2.95. The highest BCUT2D eigenvalue weighted by atomic mass is 35.5. The van der Waals surface area contributed by atoms with Crippen LogP contribution < -0.4 is 10.4 Å². The van der Waals surface area contributed by atoms with Gasteiger partial charge in [0.05, 0.1) is 23.4 Å². The Morgan fingerprint density at radius 1 is 1.20 bits per heavy atom. The standard InChI is InChI=1S/C20H21ClF2N4O3/c1-20(2,3)16(28)11-26-19(29)27(12-4-6-13(7-5-12)30-18(22)23)17(25-26)14-8-9-24-10-15(14)21/h4-10,16,18,28H,11H2,1-3H3. The lowest BCUT2D eigenvalue weighted by Gasteiger charge is -2.25. The van der Waals surface area contributed by atoms with E-state index in [1.807, 2.05) is 20.8 Å². The zero-order chi connectivity index (χ0) is 22.1. The molecule has 3 aromatic rings. The van der Waals surface area contributed by atoms with Gasteiger partial charge in [-0.3, -0.25) is 4.98 Å². The van der Waals surface area contributed by atoms with Crippen LogP contribution in [0.25, 0.3) is 17.1 Å². The van der Waals surface area contributed by atoms with Gasteiger partial charge in [-0.05, 0) is 35.7 Å². The van der Waals surface area contributed by atoms with Gasteiger partial charge in [-0.2, -0.15) is 8.78 Å². The summed E-state index contributed by atoms with van der Waals surface area (Å²) in [5.41, 5.74) is -0.142. The number of aliphatic hydroxyl groups excluding tert-OH is 1. The maximum absolute atomic E-state index is 13.1. The Hall–Kier alpha value is -2.78. The van der Waals surface area contributed by atoms with Gasteiger partial charge >= 0.3 is 12.3 Å². The Bertz CT molecular complexity index is 1070. The molecule has 3 rings (SSSR count). The van der Waals surface area contributed by atoms with Crippen LogP contribution in [-0.2, 0) is 6.54 Å². The average molecular weight is 439 g/mol. The average Bonchev–Trinajstić information content (AvgIpc) is 2.98. The number of benzene rings is 1. The first-order chi connectivity index (χ1) is 14.1. The molecule has 0 spiro atoms. The molecule has 10 heteroatoms. The highest BCUT2D eigenvalue weighted by Crippen LogP contribution is 2.28. The van der Waals surface area contributed by atoms with Crippen molar-refractivity contribution in [3.63, 3.8) is 0 Å². The molecular formula is C20H21ClF2N4O3. The van der Waals surface area contributed by atoms with E-state index < -0.39 is 23.8 Å². The van der Waals surface area contributed by atoms with Crippen molar-refractivity contribution in [2.45, 2.75) is 40.0 Å². The summed E-state index contributed by atoms with van der Waals surface area (Å²) in [6.07, 6.45) is 2.11. The second kappa shape index (κ2) is 8.53. The summed E-state index contributed by atoms with van der Waals surface area (Å²) in [5.74, 6) is 0.192. The Labute approximate surface area is 176 Å². The minimum absolute atomic E-state index is 0.0301. The molecule has 1 N–H and O–H groups in total. The van der Waals surface area contributed by atoms with Gasteiger partial charge in [0, 0.05) is 18.0 Å². The van der Waals surface area contributed by atoms with Gasteiger partial charge in [0.15, 0.2) is 5.82 Å². The van der Waals surface area contributed by atoms with E-state index in [1.165, 1.54) is 41.2 Å². The van der Waals surface area contributed by atoms with Crippen molar-refractivity contribution >= 4 is 11.6 Å². The maximum Gasteiger partial charge on any atom is 0.387 e. The number of halogens is 3. The van der Waals surface area contributed by atoms with Crippen LogP contribution in [0.3, 0.4) is 0 Å². The van der Waals surface area contributed by atoms with Gasteiger partial charge in [0.2, 0.25) is 0 Å². The third-order valence-corrected chi connectivity index (χ3v) is 4.82. The molecule has 7 nitrogen and oxygen atoms in total. The lowest BCUT2D eigenvalue weighted by Crippen LogP contribution is -2.35. The smallest absolute Gasteiger partial charge is 0.387 e. The van der Waals surface area contributed by atoms with Crippen molar-refractivity contribution in [3.05, 3.63) is 58.2 Å². The number of hydrogen-bond acceptors (Lipinski definition) is 5. The third-order valence-electron chi connectivity index (χ3n) is 4.52. The molecule has 0 aliphatic rings. The van der Waals surface area contributed by atoms with Crippen molar-refractivity contribution < 1.29 is 18.6 Å². The molecule has 1 aromatic carbocycles. The minimum Gasteiger partial charge on any atom is -0.435 e. The second-order valence-electron chi connectivity index (χ2n) is 7.73. The summed E-state index contributed by atoms with van der Waals surface area (Å²) < 4.78 is 31.7. The molecule has 1 atom stereocenters. The SMILES string of the molecule is CC(C)(C)C(O)Cn1nc(-c2ccncc2Cl)n(-c2ccc(OC(F)F)cc2)c1=O.